The molecule has 152 valence electrons. The van der Waals surface area contributed by atoms with Crippen LogP contribution in [0, 0.1) is 0 Å². The molecular weight excluding hydrogens is 431 g/mol. The van der Waals surface area contributed by atoms with E-state index in [1.807, 2.05) is 48.7 Å². The summed E-state index contributed by atoms with van der Waals surface area (Å²) in [7, 11) is 0. The number of aromatic nitrogens is 3. The van der Waals surface area contributed by atoms with E-state index < -0.39 is 0 Å². The van der Waals surface area contributed by atoms with Crippen molar-refractivity contribution >= 4 is 46.6 Å². The molecule has 0 spiro atoms. The van der Waals surface area contributed by atoms with Crippen molar-refractivity contribution in [2.24, 2.45) is 0 Å². The van der Waals surface area contributed by atoms with Gasteiger partial charge >= 0.3 is 0 Å². The smallest absolute Gasteiger partial charge is 0.234 e. The van der Waals surface area contributed by atoms with Crippen molar-refractivity contribution in [3.05, 3.63) is 64.4 Å². The number of amides is 1. The minimum Gasteiger partial charge on any atom is -0.483 e. The molecule has 1 heterocycles. The molecule has 0 saturated heterocycles. The van der Waals surface area contributed by atoms with Crippen molar-refractivity contribution < 1.29 is 9.53 Å². The van der Waals surface area contributed by atoms with Crippen molar-refractivity contribution in [3.8, 4) is 5.75 Å². The number of carbonyl (C=O) groups is 1. The Hall–Kier alpha value is -2.22. The van der Waals surface area contributed by atoms with Crippen molar-refractivity contribution in [3.63, 3.8) is 0 Å². The molecule has 0 aliphatic carbocycles. The van der Waals surface area contributed by atoms with Gasteiger partial charge < -0.3 is 14.6 Å². The normalized spacial score (nSPS) is 11.9. The van der Waals surface area contributed by atoms with E-state index in [9.17, 15) is 4.79 Å². The molecule has 0 saturated carbocycles. The lowest BCUT2D eigenvalue weighted by Crippen LogP contribution is -2.15. The molecule has 1 unspecified atom stereocenters. The van der Waals surface area contributed by atoms with E-state index in [1.165, 1.54) is 11.8 Å². The van der Waals surface area contributed by atoms with Gasteiger partial charge in [-0.3, -0.25) is 4.79 Å². The Balaban J connectivity index is 1.63. The summed E-state index contributed by atoms with van der Waals surface area (Å²) in [4.78, 5) is 12.3. The maximum atomic E-state index is 12.3. The fourth-order valence-electron chi connectivity index (χ4n) is 2.67. The van der Waals surface area contributed by atoms with Crippen LogP contribution >= 0.6 is 35.0 Å². The first-order chi connectivity index (χ1) is 14.0. The number of para-hydroxylation sites is 1. The third-order valence-corrected chi connectivity index (χ3v) is 5.53. The number of anilines is 1. The number of ether oxygens (including phenoxy) is 1. The topological polar surface area (TPSA) is 69.0 Å². The molecule has 6 nitrogen and oxygen atoms in total. The molecule has 9 heteroatoms. The van der Waals surface area contributed by atoms with Crippen LogP contribution in [-0.4, -0.2) is 26.4 Å². The van der Waals surface area contributed by atoms with E-state index in [0.717, 1.165) is 5.75 Å². The zero-order valence-electron chi connectivity index (χ0n) is 15.9. The molecular formula is C20H20Cl2N4O2S. The van der Waals surface area contributed by atoms with Gasteiger partial charge in [-0.2, -0.15) is 0 Å². The number of thioether (sulfide) groups is 1. The summed E-state index contributed by atoms with van der Waals surface area (Å²) in [5, 5.41) is 12.8. The van der Waals surface area contributed by atoms with Crippen LogP contribution < -0.4 is 10.1 Å². The fraction of sp³-hybridized carbons (Fsp3) is 0.250. The third-order valence-electron chi connectivity index (χ3n) is 4.02. The number of carbonyl (C=O) groups excluding carboxylic acids is 1. The summed E-state index contributed by atoms with van der Waals surface area (Å²) in [6.07, 6.45) is -0.277. The van der Waals surface area contributed by atoms with Crippen molar-refractivity contribution in [1.82, 2.24) is 14.8 Å². The average Bonchev–Trinajstić information content (AvgIpc) is 3.12. The van der Waals surface area contributed by atoms with E-state index >= 15 is 0 Å². The molecule has 0 aliphatic heterocycles. The second-order valence-corrected chi connectivity index (χ2v) is 7.91. The van der Waals surface area contributed by atoms with Gasteiger partial charge in [0, 0.05) is 11.6 Å². The van der Waals surface area contributed by atoms with Crippen LogP contribution in [0.3, 0.4) is 0 Å². The van der Waals surface area contributed by atoms with E-state index in [1.54, 1.807) is 18.2 Å². The van der Waals surface area contributed by atoms with E-state index in [2.05, 4.69) is 15.5 Å². The molecule has 3 rings (SSSR count). The van der Waals surface area contributed by atoms with Gasteiger partial charge in [0.05, 0.1) is 16.5 Å². The number of hydrogen-bond acceptors (Lipinski definition) is 5. The molecule has 1 atom stereocenters. The Morgan fingerprint density at radius 2 is 1.97 bits per heavy atom. The SMILES string of the molecule is CCn1c(SCC(=O)Nc2ccc(Cl)cc2Cl)nnc1C(C)Oc1ccccc1. The summed E-state index contributed by atoms with van der Waals surface area (Å²) in [5.74, 6) is 1.45. The number of nitrogens with zero attached hydrogens (tertiary/aromatic N) is 3. The van der Waals surface area contributed by atoms with Crippen LogP contribution in [0.2, 0.25) is 10.0 Å². The van der Waals surface area contributed by atoms with Crippen molar-refractivity contribution in [2.75, 3.05) is 11.1 Å². The second kappa shape index (κ2) is 10.0. The van der Waals surface area contributed by atoms with Crippen LogP contribution in [0.25, 0.3) is 0 Å². The lowest BCUT2D eigenvalue weighted by atomic mass is 10.3. The number of rotatable bonds is 8. The molecule has 1 N–H and O–H groups in total. The van der Waals surface area contributed by atoms with Crippen LogP contribution in [-0.2, 0) is 11.3 Å². The summed E-state index contributed by atoms with van der Waals surface area (Å²) in [6.45, 7) is 4.59. The highest BCUT2D eigenvalue weighted by Crippen LogP contribution is 2.27. The fourth-order valence-corrected chi connectivity index (χ4v) is 3.93. The molecule has 1 aromatic heterocycles. The molecule has 2 aromatic carbocycles. The predicted molar refractivity (Wildman–Crippen MR) is 117 cm³/mol. The van der Waals surface area contributed by atoms with Crippen LogP contribution in [0.4, 0.5) is 5.69 Å². The Morgan fingerprint density at radius 3 is 2.66 bits per heavy atom. The van der Waals surface area contributed by atoms with E-state index in [4.69, 9.17) is 27.9 Å². The standard InChI is InChI=1S/C20H20Cl2N4O2S/c1-3-26-19(13(2)28-15-7-5-4-6-8-15)24-25-20(26)29-12-18(27)23-17-10-9-14(21)11-16(17)22/h4-11,13H,3,12H2,1-2H3,(H,23,27). The number of hydrogen-bond donors (Lipinski definition) is 1. The third kappa shape index (κ3) is 5.65. The van der Waals surface area contributed by atoms with Gasteiger partial charge in [-0.05, 0) is 44.2 Å². The summed E-state index contributed by atoms with van der Waals surface area (Å²) in [5.41, 5.74) is 0.518. The molecule has 0 bridgehead atoms. The Morgan fingerprint density at radius 1 is 1.21 bits per heavy atom. The molecule has 3 aromatic rings. The first kappa shape index (κ1) is 21.5. The van der Waals surface area contributed by atoms with Crippen molar-refractivity contribution in [2.45, 2.75) is 31.7 Å². The monoisotopic (exact) mass is 450 g/mol. The van der Waals surface area contributed by atoms with Crippen LogP contribution in [0.1, 0.15) is 25.8 Å². The first-order valence-electron chi connectivity index (χ1n) is 9.00. The van der Waals surface area contributed by atoms with Gasteiger partial charge in [0.1, 0.15) is 5.75 Å². The van der Waals surface area contributed by atoms with Gasteiger partial charge in [-0.15, -0.1) is 10.2 Å². The lowest BCUT2D eigenvalue weighted by Gasteiger charge is -2.15. The maximum absolute atomic E-state index is 12.3. The minimum absolute atomic E-state index is 0.172. The van der Waals surface area contributed by atoms with E-state index in [0.29, 0.717) is 33.3 Å². The molecule has 0 aliphatic rings. The van der Waals surface area contributed by atoms with E-state index in [-0.39, 0.29) is 17.8 Å². The van der Waals surface area contributed by atoms with Crippen LogP contribution in [0.15, 0.2) is 53.7 Å². The van der Waals surface area contributed by atoms with Gasteiger partial charge in [0.2, 0.25) is 5.91 Å². The number of benzene rings is 2. The lowest BCUT2D eigenvalue weighted by molar-refractivity contribution is -0.113. The molecule has 1 amide bonds. The maximum Gasteiger partial charge on any atom is 0.234 e. The zero-order valence-corrected chi connectivity index (χ0v) is 18.3. The highest BCUT2D eigenvalue weighted by atomic mass is 35.5. The largest absolute Gasteiger partial charge is 0.483 e. The van der Waals surface area contributed by atoms with Gasteiger partial charge in [0.25, 0.3) is 0 Å². The Labute approximate surface area is 183 Å². The highest BCUT2D eigenvalue weighted by Gasteiger charge is 2.19. The molecule has 0 fully saturated rings. The van der Waals surface area contributed by atoms with Gasteiger partial charge in [-0.25, -0.2) is 0 Å². The van der Waals surface area contributed by atoms with Gasteiger partial charge in [-0.1, -0.05) is 53.2 Å². The quantitative estimate of drug-likeness (QED) is 0.460. The number of halogens is 2. The summed E-state index contributed by atoms with van der Waals surface area (Å²) in [6, 6.07) is 14.5. The molecule has 29 heavy (non-hydrogen) atoms. The summed E-state index contributed by atoms with van der Waals surface area (Å²) >= 11 is 13.3. The minimum atomic E-state index is -0.277. The Kier molecular flexibility index (Phi) is 7.41. The molecule has 0 radical (unpaired) electrons. The highest BCUT2D eigenvalue weighted by molar-refractivity contribution is 7.99. The second-order valence-electron chi connectivity index (χ2n) is 6.12. The van der Waals surface area contributed by atoms with Crippen molar-refractivity contribution in [1.29, 1.82) is 0 Å². The summed E-state index contributed by atoms with van der Waals surface area (Å²) < 4.78 is 7.89. The Bertz CT molecular complexity index is 982. The van der Waals surface area contributed by atoms with Gasteiger partial charge in [0.15, 0.2) is 17.1 Å². The first-order valence-corrected chi connectivity index (χ1v) is 10.7. The number of nitrogens with one attached hydrogen (secondary N) is 1. The average molecular weight is 451 g/mol. The zero-order chi connectivity index (χ0) is 20.8. The predicted octanol–water partition coefficient (Wildman–Crippen LogP) is 5.48. The van der Waals surface area contributed by atoms with Crippen LogP contribution in [0.5, 0.6) is 5.75 Å².